The molecule has 7 rings (SSSR count). The van der Waals surface area contributed by atoms with Crippen LogP contribution in [-0.2, 0) is 34.0 Å². The van der Waals surface area contributed by atoms with Crippen LogP contribution in [0.5, 0.6) is 5.75 Å². The second-order valence-electron chi connectivity index (χ2n) is 12.8. The molecule has 3 aromatic rings. The van der Waals surface area contributed by atoms with E-state index in [2.05, 4.69) is 47.9 Å². The van der Waals surface area contributed by atoms with Crippen molar-refractivity contribution in [2.75, 3.05) is 38.4 Å². The highest BCUT2D eigenvalue weighted by Crippen LogP contribution is 2.62. The number of methoxy groups -OCH3 is 1. The third-order valence-electron chi connectivity index (χ3n) is 10.2. The number of aliphatic carboxylic acids is 1. The number of hydrogen-bond donors (Lipinski definition) is 1. The number of nitrogens with zero attached hydrogens (tertiary/aromatic N) is 3. The largest absolute Gasteiger partial charge is 0.488 e. The molecule has 0 spiro atoms. The summed E-state index contributed by atoms with van der Waals surface area (Å²) in [6.07, 6.45) is 2.93. The Morgan fingerprint density at radius 3 is 2.70 bits per heavy atom. The van der Waals surface area contributed by atoms with Gasteiger partial charge in [-0.1, -0.05) is 30.3 Å². The zero-order valence-electron chi connectivity index (χ0n) is 25.3. The van der Waals surface area contributed by atoms with Crippen molar-refractivity contribution < 1.29 is 24.1 Å². The summed E-state index contributed by atoms with van der Waals surface area (Å²) in [6, 6.07) is 17.1. The molecule has 43 heavy (non-hydrogen) atoms. The second kappa shape index (κ2) is 11.2. The average Bonchev–Trinajstić information content (AvgIpc) is 3.43. The summed E-state index contributed by atoms with van der Waals surface area (Å²) in [5.74, 6) is 1.01. The van der Waals surface area contributed by atoms with E-state index in [-0.39, 0.29) is 12.0 Å². The summed E-state index contributed by atoms with van der Waals surface area (Å²) in [5.41, 5.74) is 7.46. The van der Waals surface area contributed by atoms with Gasteiger partial charge in [-0.2, -0.15) is 0 Å². The molecule has 3 atom stereocenters. The van der Waals surface area contributed by atoms with Crippen LogP contribution in [0.15, 0.2) is 48.5 Å². The number of rotatable bonds is 9. The Bertz CT molecular complexity index is 1540. The molecule has 3 fully saturated rings. The van der Waals surface area contributed by atoms with Gasteiger partial charge < -0.3 is 24.2 Å². The zero-order chi connectivity index (χ0) is 29.7. The monoisotopic (exact) mass is 583 g/mol. The Balaban J connectivity index is 1.11. The fourth-order valence-corrected chi connectivity index (χ4v) is 7.82. The molecule has 0 amide bonds. The molecule has 3 aliphatic heterocycles. The third-order valence-corrected chi connectivity index (χ3v) is 10.2. The van der Waals surface area contributed by atoms with Crippen LogP contribution in [0, 0.1) is 25.2 Å². The summed E-state index contributed by atoms with van der Waals surface area (Å²) in [4.78, 5) is 22.0. The van der Waals surface area contributed by atoms with Crippen molar-refractivity contribution in [3.05, 3.63) is 76.3 Å². The topological polar surface area (TPSA) is 84.4 Å². The summed E-state index contributed by atoms with van der Waals surface area (Å²) in [6.45, 7) is 9.55. The van der Waals surface area contributed by atoms with Crippen LogP contribution in [0.3, 0.4) is 0 Å². The molecule has 226 valence electrons. The Hall–Kier alpha value is -3.46. The molecule has 0 bridgehead atoms. The van der Waals surface area contributed by atoms with Gasteiger partial charge in [0.2, 0.25) is 0 Å². The number of fused-ring (bicyclic) bond motifs is 2. The lowest BCUT2D eigenvalue weighted by atomic mass is 9.97. The van der Waals surface area contributed by atoms with Crippen molar-refractivity contribution in [1.82, 2.24) is 9.88 Å². The molecular weight excluding hydrogens is 542 g/mol. The van der Waals surface area contributed by atoms with Gasteiger partial charge in [0.05, 0.1) is 23.8 Å². The molecule has 1 N–H and O–H groups in total. The van der Waals surface area contributed by atoms with Crippen LogP contribution < -0.4 is 9.64 Å². The molecule has 8 heteroatoms. The Morgan fingerprint density at radius 2 is 1.91 bits per heavy atom. The number of aromatic nitrogens is 1. The van der Waals surface area contributed by atoms with E-state index in [1.165, 1.54) is 22.3 Å². The molecule has 0 unspecified atom stereocenters. The van der Waals surface area contributed by atoms with E-state index in [1.54, 1.807) is 7.11 Å². The lowest BCUT2D eigenvalue weighted by Gasteiger charge is -2.31. The predicted octanol–water partition coefficient (Wildman–Crippen LogP) is 5.36. The van der Waals surface area contributed by atoms with Crippen LogP contribution in [0.25, 0.3) is 11.3 Å². The minimum atomic E-state index is -0.735. The first-order chi connectivity index (χ1) is 20.9. The number of para-hydroxylation sites is 1. The minimum Gasteiger partial charge on any atom is -0.488 e. The Morgan fingerprint density at radius 1 is 1.09 bits per heavy atom. The summed E-state index contributed by atoms with van der Waals surface area (Å²) >= 11 is 0. The van der Waals surface area contributed by atoms with Crippen molar-refractivity contribution in [2.24, 2.45) is 11.3 Å². The van der Waals surface area contributed by atoms with Gasteiger partial charge in [-0.3, -0.25) is 9.69 Å². The maximum Gasteiger partial charge on any atom is 0.312 e. The van der Waals surface area contributed by atoms with Gasteiger partial charge in [0, 0.05) is 51.6 Å². The number of ether oxygens (including phenoxy) is 3. The van der Waals surface area contributed by atoms with E-state index in [1.807, 2.05) is 24.3 Å². The second-order valence-corrected chi connectivity index (χ2v) is 12.8. The number of carboxylic acid groups (broad SMARTS) is 1. The number of piperidine rings is 1. The Kier molecular flexibility index (Phi) is 7.40. The molecule has 1 saturated carbocycles. The van der Waals surface area contributed by atoms with E-state index in [4.69, 9.17) is 19.2 Å². The first-order valence-electron chi connectivity index (χ1n) is 15.5. The smallest absolute Gasteiger partial charge is 0.312 e. The van der Waals surface area contributed by atoms with Crippen molar-refractivity contribution in [3.8, 4) is 17.0 Å². The summed E-state index contributed by atoms with van der Waals surface area (Å²) in [5, 5.41) is 10.0. The predicted molar refractivity (Wildman–Crippen MR) is 164 cm³/mol. The average molecular weight is 584 g/mol. The maximum absolute atomic E-state index is 12.2. The number of carbonyl (C=O) groups is 1. The molecule has 8 nitrogen and oxygen atoms in total. The van der Waals surface area contributed by atoms with E-state index in [9.17, 15) is 9.90 Å². The minimum absolute atomic E-state index is 0.132. The summed E-state index contributed by atoms with van der Waals surface area (Å²) < 4.78 is 17.7. The van der Waals surface area contributed by atoms with Crippen molar-refractivity contribution >= 4 is 11.8 Å². The van der Waals surface area contributed by atoms with Crippen molar-refractivity contribution in [2.45, 2.75) is 64.9 Å². The van der Waals surface area contributed by atoms with Crippen molar-refractivity contribution in [1.29, 1.82) is 0 Å². The van der Waals surface area contributed by atoms with Gasteiger partial charge in [0.25, 0.3) is 0 Å². The SMILES string of the molecule is COC[C@H]1N(c2cccc(-c3cccc(C)c3OCc3cc(C)c4c(c3)CN(C3CCOCC3)C4)n2)C[C@@H]2C[C@@]21C(=O)O. The highest BCUT2D eigenvalue weighted by molar-refractivity contribution is 5.82. The van der Waals surface area contributed by atoms with Gasteiger partial charge in [-0.15, -0.1) is 0 Å². The maximum atomic E-state index is 12.2. The quantitative estimate of drug-likeness (QED) is 0.360. The van der Waals surface area contributed by atoms with E-state index >= 15 is 0 Å². The fraction of sp³-hybridized carbons (Fsp3) is 0.486. The first kappa shape index (κ1) is 28.3. The molecule has 2 aromatic carbocycles. The molecular formula is C35H41N3O5. The van der Waals surface area contributed by atoms with E-state index in [0.29, 0.717) is 32.2 Å². The molecule has 1 aliphatic carbocycles. The molecule has 4 aliphatic rings. The number of pyridine rings is 1. The normalized spacial score (nSPS) is 25.0. The highest BCUT2D eigenvalue weighted by atomic mass is 16.5. The third kappa shape index (κ3) is 4.99. The van der Waals surface area contributed by atoms with Gasteiger partial charge in [-0.25, -0.2) is 4.98 Å². The molecule has 1 aromatic heterocycles. The number of carboxylic acids is 1. The van der Waals surface area contributed by atoms with Crippen LogP contribution in [0.4, 0.5) is 5.82 Å². The zero-order valence-corrected chi connectivity index (χ0v) is 25.3. The molecule has 0 radical (unpaired) electrons. The Labute approximate surface area is 253 Å². The van der Waals surface area contributed by atoms with Crippen LogP contribution in [0.1, 0.15) is 47.1 Å². The van der Waals surface area contributed by atoms with E-state index in [0.717, 1.165) is 67.5 Å². The number of benzene rings is 2. The van der Waals surface area contributed by atoms with Crippen LogP contribution in [-0.4, -0.2) is 66.5 Å². The van der Waals surface area contributed by atoms with Crippen LogP contribution in [0.2, 0.25) is 0 Å². The van der Waals surface area contributed by atoms with Crippen molar-refractivity contribution in [3.63, 3.8) is 0 Å². The van der Waals surface area contributed by atoms with Gasteiger partial charge in [-0.05, 0) is 85.0 Å². The molecule has 2 saturated heterocycles. The van der Waals surface area contributed by atoms with E-state index < -0.39 is 11.4 Å². The number of hydrogen-bond acceptors (Lipinski definition) is 7. The van der Waals surface area contributed by atoms with Gasteiger partial charge >= 0.3 is 5.97 Å². The standard InChI is InChI=1S/C35H41N3O5/c1-22-6-4-7-28(30-8-5-9-32(36-30)38-18-26-16-35(26,34(39)40)31(38)21-41-3)33(22)43-20-24-14-23(2)29-19-37(17-25(29)15-24)27-10-12-42-13-11-27/h4-9,14-15,26-27,31H,10-13,16-21H2,1-3H3,(H,39,40)/t26-,31+,35+/m0/s1. The lowest BCUT2D eigenvalue weighted by molar-refractivity contribution is -0.144. The number of aryl methyl sites for hydroxylation is 2. The molecule has 4 heterocycles. The lowest BCUT2D eigenvalue weighted by Crippen LogP contribution is -2.43. The van der Waals surface area contributed by atoms with Gasteiger partial charge in [0.15, 0.2) is 0 Å². The first-order valence-corrected chi connectivity index (χ1v) is 15.5. The highest BCUT2D eigenvalue weighted by Gasteiger charge is 2.71. The van der Waals surface area contributed by atoms with Gasteiger partial charge in [0.1, 0.15) is 18.2 Å². The van der Waals surface area contributed by atoms with Crippen LogP contribution >= 0.6 is 0 Å². The number of anilines is 1. The summed E-state index contributed by atoms with van der Waals surface area (Å²) in [7, 11) is 1.63. The fourth-order valence-electron chi connectivity index (χ4n) is 7.82.